The maximum absolute atomic E-state index is 12.7. The summed E-state index contributed by atoms with van der Waals surface area (Å²) < 4.78 is 0. The van der Waals surface area contributed by atoms with Gasteiger partial charge in [0.15, 0.2) is 0 Å². The third-order valence-electron chi connectivity index (χ3n) is 6.01. The van der Waals surface area contributed by atoms with E-state index in [4.69, 9.17) is 10.8 Å². The lowest BCUT2D eigenvalue weighted by Gasteiger charge is -2.48. The van der Waals surface area contributed by atoms with Crippen molar-refractivity contribution in [3.8, 4) is 0 Å². The first-order valence-electron chi connectivity index (χ1n) is 7.97. The summed E-state index contributed by atoms with van der Waals surface area (Å²) in [5.74, 6) is -0.634. The van der Waals surface area contributed by atoms with E-state index in [-0.39, 0.29) is 35.6 Å². The summed E-state index contributed by atoms with van der Waals surface area (Å²) in [6.45, 7) is 6.32. The lowest BCUT2D eigenvalue weighted by Crippen LogP contribution is -2.59. The molecule has 5 nitrogen and oxygen atoms in total. The molecular weight excluding hydrogens is 268 g/mol. The van der Waals surface area contributed by atoms with Crippen LogP contribution in [-0.4, -0.2) is 28.6 Å². The van der Waals surface area contributed by atoms with E-state index in [1.807, 2.05) is 0 Å². The Morgan fingerprint density at radius 3 is 2.38 bits per heavy atom. The van der Waals surface area contributed by atoms with E-state index in [2.05, 4.69) is 26.1 Å². The number of amides is 1. The summed E-state index contributed by atoms with van der Waals surface area (Å²) in [5, 5.41) is 12.1. The van der Waals surface area contributed by atoms with Crippen LogP contribution >= 0.6 is 0 Å². The molecule has 2 saturated carbocycles. The van der Waals surface area contributed by atoms with Crippen LogP contribution in [0.5, 0.6) is 0 Å². The molecule has 0 spiro atoms. The van der Waals surface area contributed by atoms with Gasteiger partial charge in [0.05, 0.1) is 12.0 Å². The van der Waals surface area contributed by atoms with Crippen LogP contribution in [0.3, 0.4) is 0 Å². The molecule has 21 heavy (non-hydrogen) atoms. The smallest absolute Gasteiger partial charge is 0.305 e. The van der Waals surface area contributed by atoms with Crippen LogP contribution in [0.25, 0.3) is 0 Å². The summed E-state index contributed by atoms with van der Waals surface area (Å²) in [4.78, 5) is 23.7. The van der Waals surface area contributed by atoms with Gasteiger partial charge in [-0.3, -0.25) is 9.59 Å². The van der Waals surface area contributed by atoms with Gasteiger partial charge in [0, 0.05) is 12.0 Å². The maximum Gasteiger partial charge on any atom is 0.305 e. The van der Waals surface area contributed by atoms with Gasteiger partial charge in [-0.25, -0.2) is 0 Å². The summed E-state index contributed by atoms with van der Waals surface area (Å²) >= 11 is 0. The minimum absolute atomic E-state index is 0.0136. The number of rotatable bonds is 4. The van der Waals surface area contributed by atoms with Gasteiger partial charge in [-0.2, -0.15) is 0 Å². The van der Waals surface area contributed by atoms with Crippen molar-refractivity contribution < 1.29 is 14.7 Å². The van der Waals surface area contributed by atoms with Gasteiger partial charge in [-0.15, -0.1) is 0 Å². The molecule has 0 radical (unpaired) electrons. The fourth-order valence-electron chi connectivity index (χ4n) is 3.91. The Morgan fingerprint density at radius 2 is 1.90 bits per heavy atom. The predicted molar refractivity (Wildman–Crippen MR) is 80.6 cm³/mol. The SMILES string of the molecule is CC1C(N)CCC(C(=O)NC2(CC(=O)O)CCC2)C1(C)C. The number of nitrogens with one attached hydrogen (secondary N) is 1. The molecule has 5 heteroatoms. The molecule has 2 aliphatic carbocycles. The van der Waals surface area contributed by atoms with Gasteiger partial charge >= 0.3 is 5.97 Å². The summed E-state index contributed by atoms with van der Waals surface area (Å²) in [6, 6.07) is 0.140. The molecule has 3 atom stereocenters. The van der Waals surface area contributed by atoms with Crippen molar-refractivity contribution in [1.82, 2.24) is 5.32 Å². The van der Waals surface area contributed by atoms with Crippen LogP contribution in [0.15, 0.2) is 0 Å². The third-order valence-corrected chi connectivity index (χ3v) is 6.01. The molecule has 0 aromatic carbocycles. The van der Waals surface area contributed by atoms with Gasteiger partial charge in [0.2, 0.25) is 5.91 Å². The van der Waals surface area contributed by atoms with Crippen LogP contribution in [0, 0.1) is 17.3 Å². The Bertz CT molecular complexity index is 429. The molecule has 1 amide bonds. The number of hydrogen-bond acceptors (Lipinski definition) is 3. The van der Waals surface area contributed by atoms with Crippen molar-refractivity contribution in [2.24, 2.45) is 23.0 Å². The fourth-order valence-corrected chi connectivity index (χ4v) is 3.91. The van der Waals surface area contributed by atoms with E-state index < -0.39 is 11.5 Å². The summed E-state index contributed by atoms with van der Waals surface area (Å²) in [6.07, 6.45) is 4.20. The first-order chi connectivity index (χ1) is 9.68. The Balaban J connectivity index is 2.07. The molecular formula is C16H28N2O3. The summed E-state index contributed by atoms with van der Waals surface area (Å²) in [7, 11) is 0. The number of hydrogen-bond donors (Lipinski definition) is 3. The highest BCUT2D eigenvalue weighted by atomic mass is 16.4. The monoisotopic (exact) mass is 296 g/mol. The molecule has 0 saturated heterocycles. The van der Waals surface area contributed by atoms with Crippen LogP contribution in [0.1, 0.15) is 59.3 Å². The number of nitrogens with two attached hydrogens (primary N) is 1. The molecule has 4 N–H and O–H groups in total. The molecule has 0 heterocycles. The van der Waals surface area contributed by atoms with Crippen molar-refractivity contribution in [3.05, 3.63) is 0 Å². The van der Waals surface area contributed by atoms with Crippen molar-refractivity contribution in [2.75, 3.05) is 0 Å². The van der Waals surface area contributed by atoms with Gasteiger partial charge < -0.3 is 16.2 Å². The van der Waals surface area contributed by atoms with E-state index in [0.29, 0.717) is 0 Å². The molecule has 0 aliphatic heterocycles. The lowest BCUT2D eigenvalue weighted by molar-refractivity contribution is -0.142. The number of carboxylic acids is 1. The summed E-state index contributed by atoms with van der Waals surface area (Å²) in [5.41, 5.74) is 5.47. The average molecular weight is 296 g/mol. The van der Waals surface area contributed by atoms with Crippen molar-refractivity contribution in [2.45, 2.75) is 70.9 Å². The highest BCUT2D eigenvalue weighted by Crippen LogP contribution is 2.45. The second-order valence-electron chi connectivity index (χ2n) is 7.60. The molecule has 0 aromatic rings. The lowest BCUT2D eigenvalue weighted by atomic mass is 9.60. The largest absolute Gasteiger partial charge is 0.481 e. The van der Waals surface area contributed by atoms with E-state index in [1.54, 1.807) is 0 Å². The average Bonchev–Trinajstić information content (AvgIpc) is 2.32. The second-order valence-corrected chi connectivity index (χ2v) is 7.60. The van der Waals surface area contributed by atoms with Crippen LogP contribution < -0.4 is 11.1 Å². The number of carbonyl (C=O) groups excluding carboxylic acids is 1. The quantitative estimate of drug-likeness (QED) is 0.738. The third kappa shape index (κ3) is 3.07. The van der Waals surface area contributed by atoms with Crippen LogP contribution in [-0.2, 0) is 9.59 Å². The minimum Gasteiger partial charge on any atom is -0.481 e. The first-order valence-corrected chi connectivity index (χ1v) is 7.97. The van der Waals surface area contributed by atoms with Gasteiger partial charge in [0.25, 0.3) is 0 Å². The zero-order valence-corrected chi connectivity index (χ0v) is 13.3. The maximum atomic E-state index is 12.7. The van der Waals surface area contributed by atoms with Crippen molar-refractivity contribution >= 4 is 11.9 Å². The van der Waals surface area contributed by atoms with Gasteiger partial charge in [-0.05, 0) is 43.4 Å². The van der Waals surface area contributed by atoms with E-state index >= 15 is 0 Å². The van der Waals surface area contributed by atoms with E-state index in [1.165, 1.54) is 0 Å². The zero-order valence-electron chi connectivity index (χ0n) is 13.3. The van der Waals surface area contributed by atoms with Gasteiger partial charge in [-0.1, -0.05) is 20.8 Å². The highest BCUT2D eigenvalue weighted by Gasteiger charge is 2.48. The molecule has 2 fully saturated rings. The number of carbonyl (C=O) groups is 2. The van der Waals surface area contributed by atoms with E-state index in [9.17, 15) is 9.59 Å². The second kappa shape index (κ2) is 5.59. The van der Waals surface area contributed by atoms with Crippen molar-refractivity contribution in [1.29, 1.82) is 0 Å². The molecule has 120 valence electrons. The first kappa shape index (κ1) is 16.3. The molecule has 0 bridgehead atoms. The Hall–Kier alpha value is -1.10. The molecule has 2 aliphatic rings. The number of carboxylic acid groups (broad SMARTS) is 1. The van der Waals surface area contributed by atoms with Gasteiger partial charge in [0.1, 0.15) is 0 Å². The zero-order chi connectivity index (χ0) is 15.8. The Labute approximate surface area is 126 Å². The predicted octanol–water partition coefficient (Wildman–Crippen LogP) is 1.90. The number of aliphatic carboxylic acids is 1. The van der Waals surface area contributed by atoms with Crippen LogP contribution in [0.4, 0.5) is 0 Å². The topological polar surface area (TPSA) is 92.4 Å². The normalized spacial score (nSPS) is 33.8. The Morgan fingerprint density at radius 1 is 1.29 bits per heavy atom. The standard InChI is InChI=1S/C16H28N2O3/c1-10-12(17)6-5-11(15(10,2)3)14(21)18-16(7-4-8-16)9-13(19)20/h10-12H,4-9,17H2,1-3H3,(H,18,21)(H,19,20). The van der Waals surface area contributed by atoms with Crippen LogP contribution in [0.2, 0.25) is 0 Å². The fraction of sp³-hybridized carbons (Fsp3) is 0.875. The minimum atomic E-state index is -0.840. The van der Waals surface area contributed by atoms with E-state index in [0.717, 1.165) is 32.1 Å². The highest BCUT2D eigenvalue weighted by molar-refractivity contribution is 5.81. The van der Waals surface area contributed by atoms with Crippen molar-refractivity contribution in [3.63, 3.8) is 0 Å². The Kier molecular flexibility index (Phi) is 4.34. The molecule has 2 rings (SSSR count). The molecule has 3 unspecified atom stereocenters. The molecule has 0 aromatic heterocycles.